The first-order valence-electron chi connectivity index (χ1n) is 12.6. The normalized spacial score (nSPS) is 10.9. The molecule has 0 atom stereocenters. The van der Waals surface area contributed by atoms with Crippen LogP contribution in [0.5, 0.6) is 0 Å². The van der Waals surface area contributed by atoms with Crippen molar-refractivity contribution < 1.29 is 57.7 Å². The molecule has 0 aromatic heterocycles. The fraction of sp³-hybridized carbons (Fsp3) is 0.0333. The zero-order valence-electron chi connectivity index (χ0n) is 22.8. The highest BCUT2D eigenvalue weighted by molar-refractivity contribution is 7.91. The molecule has 0 heterocycles. The second-order valence-electron chi connectivity index (χ2n) is 9.25. The third-order valence-electron chi connectivity index (χ3n) is 6.33. The number of hydrogen-bond acceptors (Lipinski definition) is 9. The molecule has 4 rings (SSSR count). The van der Waals surface area contributed by atoms with Gasteiger partial charge in [-0.05, 0) is 90.5 Å². The number of carboxylic acids is 4. The molecular weight excluding hydrogens is 612 g/mol. The average Bonchev–Trinajstić information content (AvgIpc) is 3.01. The summed E-state index contributed by atoms with van der Waals surface area (Å²) in [5, 5.41) is 39.4. The van der Waals surface area contributed by atoms with Gasteiger partial charge in [0.05, 0.1) is 43.3 Å². The lowest BCUT2D eigenvalue weighted by Gasteiger charge is -2.11. The van der Waals surface area contributed by atoms with Crippen LogP contribution in [0.2, 0.25) is 0 Å². The highest BCUT2D eigenvalue weighted by Gasteiger charge is 2.21. The van der Waals surface area contributed by atoms with E-state index >= 15 is 0 Å². The molecular formula is C30H22N2O12S. The molecule has 0 radical (unpaired) electrons. The van der Waals surface area contributed by atoms with Crippen LogP contribution in [-0.2, 0) is 21.3 Å². The molecule has 0 aliphatic rings. The number of sulfone groups is 1. The third-order valence-corrected chi connectivity index (χ3v) is 8.11. The molecule has 0 unspecified atom stereocenters. The van der Waals surface area contributed by atoms with E-state index in [1.54, 1.807) is 0 Å². The largest absolute Gasteiger partial charge is 0.478 e. The molecule has 230 valence electrons. The van der Waals surface area contributed by atoms with Crippen molar-refractivity contribution >= 4 is 51.0 Å². The third kappa shape index (κ3) is 7.30. The van der Waals surface area contributed by atoms with Crippen LogP contribution < -0.4 is 10.8 Å². The summed E-state index contributed by atoms with van der Waals surface area (Å²) in [5.41, 5.74) is 1.69. The first kappa shape index (κ1) is 31.9. The van der Waals surface area contributed by atoms with Crippen molar-refractivity contribution in [3.8, 4) is 0 Å². The van der Waals surface area contributed by atoms with E-state index < -0.39 is 50.7 Å². The molecule has 0 saturated heterocycles. The van der Waals surface area contributed by atoms with E-state index in [0.717, 1.165) is 30.3 Å². The maximum absolute atomic E-state index is 13.1. The van der Waals surface area contributed by atoms with Crippen molar-refractivity contribution in [2.24, 2.45) is 0 Å². The standard InChI is InChI=1S/C30H22N2O12S/c33-26(25-14-17(28(36)37)2-12-24(25)30(40)41)31-19-3-7-21(8-4-19)45(42,43)22-9-5-20(6-10-22)32-44-15-18-13-16(27(34)35)1-11-23(18)29(38)39/h1-14,32H,15H2,(H,31,33)(H,34,35)(H,36,37)(H,38,39)(H,40,41). The molecule has 0 saturated carbocycles. The van der Waals surface area contributed by atoms with Crippen LogP contribution in [-0.4, -0.2) is 58.6 Å². The van der Waals surface area contributed by atoms with Crippen molar-refractivity contribution in [1.82, 2.24) is 0 Å². The van der Waals surface area contributed by atoms with E-state index in [1.807, 2.05) is 0 Å². The summed E-state index contributed by atoms with van der Waals surface area (Å²) in [6, 6.07) is 16.8. The Morgan fingerprint density at radius 1 is 0.578 bits per heavy atom. The predicted octanol–water partition coefficient (Wildman–Crippen LogP) is 4.11. The number of rotatable bonds is 12. The Morgan fingerprint density at radius 3 is 1.58 bits per heavy atom. The van der Waals surface area contributed by atoms with Gasteiger partial charge in [0.1, 0.15) is 6.61 Å². The molecule has 6 N–H and O–H groups in total. The van der Waals surface area contributed by atoms with E-state index in [-0.39, 0.29) is 44.3 Å². The minimum Gasteiger partial charge on any atom is -0.478 e. The number of aromatic carboxylic acids is 4. The SMILES string of the molecule is O=C(O)c1ccc(C(=O)O)c(CONc2ccc(S(=O)(=O)c3ccc(NC(=O)c4cc(C(=O)O)ccc4C(=O)O)cc3)cc2)c1. The van der Waals surface area contributed by atoms with Crippen molar-refractivity contribution in [3.05, 3.63) is 118 Å². The van der Waals surface area contributed by atoms with Gasteiger partial charge in [0.25, 0.3) is 5.91 Å². The Balaban J connectivity index is 1.43. The summed E-state index contributed by atoms with van der Waals surface area (Å²) >= 11 is 0. The Morgan fingerprint density at radius 2 is 1.07 bits per heavy atom. The van der Waals surface area contributed by atoms with Crippen molar-refractivity contribution in [2.75, 3.05) is 10.8 Å². The Labute approximate surface area is 254 Å². The van der Waals surface area contributed by atoms with Gasteiger partial charge in [-0.15, -0.1) is 0 Å². The molecule has 0 aliphatic carbocycles. The lowest BCUT2D eigenvalue weighted by molar-refractivity contribution is 0.0677. The Hall–Kier alpha value is -6.06. The highest BCUT2D eigenvalue weighted by atomic mass is 32.2. The highest BCUT2D eigenvalue weighted by Crippen LogP contribution is 2.25. The fourth-order valence-corrected chi connectivity index (χ4v) is 5.32. The summed E-state index contributed by atoms with van der Waals surface area (Å²) in [5.74, 6) is -6.22. The van der Waals surface area contributed by atoms with Gasteiger partial charge < -0.3 is 25.7 Å². The molecule has 0 spiro atoms. The molecule has 4 aromatic carbocycles. The fourth-order valence-electron chi connectivity index (χ4n) is 4.06. The first-order valence-corrected chi connectivity index (χ1v) is 14.1. The minimum absolute atomic E-state index is 0.0938. The second-order valence-corrected chi connectivity index (χ2v) is 11.2. The molecule has 0 bridgehead atoms. The van der Waals surface area contributed by atoms with Crippen LogP contribution in [0.15, 0.2) is 94.7 Å². The number of benzene rings is 4. The molecule has 45 heavy (non-hydrogen) atoms. The monoisotopic (exact) mass is 634 g/mol. The molecule has 4 aromatic rings. The summed E-state index contributed by atoms with van der Waals surface area (Å²) < 4.78 is 26.3. The van der Waals surface area contributed by atoms with Crippen LogP contribution in [0, 0.1) is 0 Å². The zero-order chi connectivity index (χ0) is 32.9. The van der Waals surface area contributed by atoms with E-state index in [4.69, 9.17) is 9.94 Å². The number of nitrogens with one attached hydrogen (secondary N) is 2. The van der Waals surface area contributed by atoms with Gasteiger partial charge in [0.15, 0.2) is 0 Å². The topological polar surface area (TPSA) is 234 Å². The van der Waals surface area contributed by atoms with Gasteiger partial charge >= 0.3 is 23.9 Å². The smallest absolute Gasteiger partial charge is 0.336 e. The van der Waals surface area contributed by atoms with Gasteiger partial charge in [-0.1, -0.05) is 0 Å². The maximum atomic E-state index is 13.1. The summed E-state index contributed by atoms with van der Waals surface area (Å²) in [4.78, 5) is 63.2. The summed E-state index contributed by atoms with van der Waals surface area (Å²) in [6.45, 7) is -0.311. The van der Waals surface area contributed by atoms with Crippen LogP contribution in [0.3, 0.4) is 0 Å². The number of carbonyl (C=O) groups is 5. The minimum atomic E-state index is -4.02. The van der Waals surface area contributed by atoms with E-state index in [1.165, 1.54) is 54.6 Å². The average molecular weight is 635 g/mol. The molecule has 0 fully saturated rings. The summed E-state index contributed by atoms with van der Waals surface area (Å²) in [6.07, 6.45) is 0. The number of anilines is 2. The maximum Gasteiger partial charge on any atom is 0.336 e. The number of hydrogen-bond donors (Lipinski definition) is 6. The van der Waals surface area contributed by atoms with Gasteiger partial charge in [-0.25, -0.2) is 27.6 Å². The van der Waals surface area contributed by atoms with Crippen LogP contribution in [0.1, 0.15) is 57.4 Å². The van der Waals surface area contributed by atoms with Gasteiger partial charge in [0.2, 0.25) is 9.84 Å². The number of carboxylic acid groups (broad SMARTS) is 4. The zero-order valence-corrected chi connectivity index (χ0v) is 23.6. The molecule has 1 amide bonds. The van der Waals surface area contributed by atoms with Crippen molar-refractivity contribution in [3.63, 3.8) is 0 Å². The van der Waals surface area contributed by atoms with E-state index in [2.05, 4.69) is 10.8 Å². The van der Waals surface area contributed by atoms with Gasteiger partial charge in [0, 0.05) is 5.69 Å². The lowest BCUT2D eigenvalue weighted by atomic mass is 10.0. The van der Waals surface area contributed by atoms with Crippen molar-refractivity contribution in [2.45, 2.75) is 16.4 Å². The summed E-state index contributed by atoms with van der Waals surface area (Å²) in [7, 11) is -4.02. The number of carbonyl (C=O) groups excluding carboxylic acids is 1. The second kappa shape index (κ2) is 13.1. The van der Waals surface area contributed by atoms with Gasteiger partial charge in [-0.3, -0.25) is 15.1 Å². The lowest BCUT2D eigenvalue weighted by Crippen LogP contribution is -2.17. The Kier molecular flexibility index (Phi) is 9.25. The van der Waals surface area contributed by atoms with Crippen LogP contribution in [0.25, 0.3) is 0 Å². The molecule has 15 heteroatoms. The Bertz CT molecular complexity index is 1940. The van der Waals surface area contributed by atoms with Crippen molar-refractivity contribution in [1.29, 1.82) is 0 Å². The first-order chi connectivity index (χ1) is 21.3. The molecule has 0 aliphatic heterocycles. The van der Waals surface area contributed by atoms with Crippen LogP contribution in [0.4, 0.5) is 11.4 Å². The molecule has 14 nitrogen and oxygen atoms in total. The predicted molar refractivity (Wildman–Crippen MR) is 155 cm³/mol. The van der Waals surface area contributed by atoms with Crippen LogP contribution >= 0.6 is 0 Å². The van der Waals surface area contributed by atoms with Gasteiger partial charge in [-0.2, -0.15) is 0 Å². The quantitative estimate of drug-likeness (QED) is 0.121. The van der Waals surface area contributed by atoms with E-state index in [0.29, 0.717) is 5.69 Å². The number of amides is 1. The van der Waals surface area contributed by atoms with E-state index in [9.17, 15) is 47.7 Å².